The molecule has 19 heavy (non-hydrogen) atoms. The van der Waals surface area contributed by atoms with Gasteiger partial charge in [-0.05, 0) is 18.2 Å². The van der Waals surface area contributed by atoms with E-state index >= 15 is 0 Å². The minimum Gasteiger partial charge on any atom is -0.468 e. The molecule has 2 aromatic heterocycles. The highest BCUT2D eigenvalue weighted by molar-refractivity contribution is 5.93. The molecule has 0 saturated carbocycles. The molecule has 0 radical (unpaired) electrons. The summed E-state index contributed by atoms with van der Waals surface area (Å²) in [4.78, 5) is 22.5. The number of furan rings is 1. The van der Waals surface area contributed by atoms with Crippen molar-refractivity contribution in [3.8, 4) is 0 Å². The van der Waals surface area contributed by atoms with Crippen LogP contribution in [0.1, 0.15) is 16.3 Å². The lowest BCUT2D eigenvalue weighted by Crippen LogP contribution is -2.29. The number of carbonyl (C=O) groups excluding carboxylic acids is 2. The summed E-state index contributed by atoms with van der Waals surface area (Å²) in [6, 6.07) is 5.03. The lowest BCUT2D eigenvalue weighted by atomic mass is 10.4. The van der Waals surface area contributed by atoms with E-state index in [4.69, 9.17) is 4.42 Å². The fourth-order valence-electron chi connectivity index (χ4n) is 1.45. The van der Waals surface area contributed by atoms with Crippen molar-refractivity contribution >= 4 is 11.9 Å². The summed E-state index contributed by atoms with van der Waals surface area (Å²) in [5.41, 5.74) is 0. The number of esters is 1. The molecule has 0 aliphatic heterocycles. The lowest BCUT2D eigenvalue weighted by molar-refractivity contribution is -0.139. The van der Waals surface area contributed by atoms with Crippen LogP contribution in [0.3, 0.4) is 0 Å². The summed E-state index contributed by atoms with van der Waals surface area (Å²) in [6.45, 7) is 0.252. The molecule has 2 heterocycles. The van der Waals surface area contributed by atoms with Crippen LogP contribution < -0.4 is 5.32 Å². The molecule has 0 bridgehead atoms. The summed E-state index contributed by atoms with van der Waals surface area (Å²) < 4.78 is 11.5. The maximum atomic E-state index is 11.6. The number of aromatic nitrogens is 2. The van der Waals surface area contributed by atoms with Gasteiger partial charge in [-0.25, -0.2) is 0 Å². The summed E-state index contributed by atoms with van der Waals surface area (Å²) >= 11 is 0. The second-order valence-corrected chi connectivity index (χ2v) is 3.73. The highest BCUT2D eigenvalue weighted by Crippen LogP contribution is 2.09. The molecule has 0 unspecified atom stereocenters. The first-order valence-electron chi connectivity index (χ1n) is 5.60. The molecule has 7 nitrogen and oxygen atoms in total. The van der Waals surface area contributed by atoms with Gasteiger partial charge in [-0.1, -0.05) is 0 Å². The third kappa shape index (κ3) is 3.44. The van der Waals surface area contributed by atoms with Crippen molar-refractivity contribution in [3.63, 3.8) is 0 Å². The first kappa shape index (κ1) is 12.9. The Morgan fingerprint density at radius 1 is 1.47 bits per heavy atom. The van der Waals surface area contributed by atoms with Crippen molar-refractivity contribution in [1.82, 2.24) is 15.1 Å². The van der Waals surface area contributed by atoms with Crippen LogP contribution in [0.2, 0.25) is 0 Å². The Morgan fingerprint density at radius 2 is 2.32 bits per heavy atom. The van der Waals surface area contributed by atoms with Crippen molar-refractivity contribution < 1.29 is 18.7 Å². The number of ether oxygens (including phenoxy) is 1. The van der Waals surface area contributed by atoms with E-state index in [1.807, 2.05) is 0 Å². The Bertz CT molecular complexity index is 559. The average Bonchev–Trinajstić information content (AvgIpc) is 3.07. The van der Waals surface area contributed by atoms with Crippen LogP contribution in [0.4, 0.5) is 0 Å². The first-order valence-corrected chi connectivity index (χ1v) is 5.60. The SMILES string of the molecule is COC(=O)CNC(=O)c1ccc(Cn2cccn2)o1. The Kier molecular flexibility index (Phi) is 3.97. The van der Waals surface area contributed by atoms with Crippen LogP contribution in [-0.2, 0) is 16.1 Å². The molecule has 0 fully saturated rings. The molecule has 0 atom stereocenters. The number of hydrogen-bond donors (Lipinski definition) is 1. The van der Waals surface area contributed by atoms with Crippen LogP contribution in [0.25, 0.3) is 0 Å². The second-order valence-electron chi connectivity index (χ2n) is 3.73. The van der Waals surface area contributed by atoms with E-state index in [1.165, 1.54) is 7.11 Å². The van der Waals surface area contributed by atoms with Gasteiger partial charge >= 0.3 is 5.97 Å². The van der Waals surface area contributed by atoms with Crippen LogP contribution in [0, 0.1) is 0 Å². The molecule has 0 spiro atoms. The monoisotopic (exact) mass is 263 g/mol. The average molecular weight is 263 g/mol. The van der Waals surface area contributed by atoms with Gasteiger partial charge in [-0.2, -0.15) is 5.10 Å². The molecule has 100 valence electrons. The molecule has 0 saturated heterocycles. The third-order valence-corrected chi connectivity index (χ3v) is 2.38. The molecule has 0 aliphatic rings. The van der Waals surface area contributed by atoms with E-state index in [0.717, 1.165) is 0 Å². The normalized spacial score (nSPS) is 10.2. The zero-order valence-corrected chi connectivity index (χ0v) is 10.3. The van der Waals surface area contributed by atoms with Crippen molar-refractivity contribution in [2.75, 3.05) is 13.7 Å². The third-order valence-electron chi connectivity index (χ3n) is 2.38. The van der Waals surface area contributed by atoms with Gasteiger partial charge in [-0.3, -0.25) is 14.3 Å². The minimum atomic E-state index is -0.517. The fraction of sp³-hybridized carbons (Fsp3) is 0.250. The number of hydrogen-bond acceptors (Lipinski definition) is 5. The smallest absolute Gasteiger partial charge is 0.325 e. The van der Waals surface area contributed by atoms with E-state index < -0.39 is 11.9 Å². The van der Waals surface area contributed by atoms with Crippen molar-refractivity contribution in [2.45, 2.75) is 6.54 Å². The molecule has 0 aliphatic carbocycles. The minimum absolute atomic E-state index is 0.144. The Balaban J connectivity index is 1.93. The predicted molar refractivity (Wildman–Crippen MR) is 64.4 cm³/mol. The van der Waals surface area contributed by atoms with Gasteiger partial charge < -0.3 is 14.5 Å². The van der Waals surface area contributed by atoms with E-state index in [1.54, 1.807) is 35.3 Å². The van der Waals surface area contributed by atoms with Gasteiger partial charge in [0.15, 0.2) is 5.76 Å². The second kappa shape index (κ2) is 5.85. The predicted octanol–water partition coefficient (Wildman–Crippen LogP) is 0.427. The van der Waals surface area contributed by atoms with Gasteiger partial charge in [0, 0.05) is 12.4 Å². The van der Waals surface area contributed by atoms with E-state index in [2.05, 4.69) is 15.2 Å². The van der Waals surface area contributed by atoms with E-state index in [0.29, 0.717) is 12.3 Å². The number of rotatable bonds is 5. The van der Waals surface area contributed by atoms with Crippen molar-refractivity contribution in [1.29, 1.82) is 0 Å². The summed E-state index contributed by atoms with van der Waals surface area (Å²) in [6.07, 6.45) is 3.45. The number of carbonyl (C=O) groups is 2. The van der Waals surface area contributed by atoms with E-state index in [9.17, 15) is 9.59 Å². The summed E-state index contributed by atoms with van der Waals surface area (Å²) in [7, 11) is 1.25. The standard InChI is InChI=1S/C12H13N3O4/c1-18-11(16)7-13-12(17)10-4-3-9(19-10)8-15-6-2-5-14-15/h2-6H,7-8H2,1H3,(H,13,17). The lowest BCUT2D eigenvalue weighted by Gasteiger charge is -2.01. The molecule has 1 amide bonds. The number of amides is 1. The van der Waals surface area contributed by atoms with Crippen LogP contribution in [0.5, 0.6) is 0 Å². The number of nitrogens with zero attached hydrogens (tertiary/aromatic N) is 2. The van der Waals surface area contributed by atoms with Gasteiger partial charge in [0.05, 0.1) is 13.7 Å². The Hall–Kier alpha value is -2.57. The van der Waals surface area contributed by atoms with Crippen LogP contribution >= 0.6 is 0 Å². The highest BCUT2D eigenvalue weighted by Gasteiger charge is 2.12. The fourth-order valence-corrected chi connectivity index (χ4v) is 1.45. The molecule has 2 aromatic rings. The zero-order valence-electron chi connectivity index (χ0n) is 10.3. The highest BCUT2D eigenvalue weighted by atomic mass is 16.5. The van der Waals surface area contributed by atoms with Crippen molar-refractivity contribution in [3.05, 3.63) is 42.1 Å². The van der Waals surface area contributed by atoms with Crippen LogP contribution in [0.15, 0.2) is 35.0 Å². The van der Waals surface area contributed by atoms with Gasteiger partial charge in [0.25, 0.3) is 5.91 Å². The molecular formula is C12H13N3O4. The number of nitrogens with one attached hydrogen (secondary N) is 1. The zero-order chi connectivity index (χ0) is 13.7. The molecular weight excluding hydrogens is 250 g/mol. The molecule has 0 aromatic carbocycles. The topological polar surface area (TPSA) is 86.4 Å². The van der Waals surface area contributed by atoms with Gasteiger partial charge in [-0.15, -0.1) is 0 Å². The number of methoxy groups -OCH3 is 1. The maximum Gasteiger partial charge on any atom is 0.325 e. The summed E-state index contributed by atoms with van der Waals surface area (Å²) in [5, 5.41) is 6.42. The molecule has 7 heteroatoms. The van der Waals surface area contributed by atoms with Gasteiger partial charge in [0.1, 0.15) is 12.3 Å². The molecule has 2 rings (SSSR count). The quantitative estimate of drug-likeness (QED) is 0.790. The summed E-state index contributed by atoms with van der Waals surface area (Å²) in [5.74, 6) is -0.230. The largest absolute Gasteiger partial charge is 0.468 e. The van der Waals surface area contributed by atoms with Gasteiger partial charge in [0.2, 0.25) is 0 Å². The van der Waals surface area contributed by atoms with Crippen molar-refractivity contribution in [2.24, 2.45) is 0 Å². The first-order chi connectivity index (χ1) is 9.19. The van der Waals surface area contributed by atoms with E-state index in [-0.39, 0.29) is 12.3 Å². The molecule has 1 N–H and O–H groups in total. The maximum absolute atomic E-state index is 11.6. The Morgan fingerprint density at radius 3 is 3.00 bits per heavy atom. The van der Waals surface area contributed by atoms with Crippen LogP contribution in [-0.4, -0.2) is 35.3 Å². The Labute approximate surface area is 109 Å².